The molecule has 0 bridgehead atoms. The fourth-order valence-corrected chi connectivity index (χ4v) is 2.07. The van der Waals surface area contributed by atoms with Gasteiger partial charge in [-0.1, -0.05) is 6.07 Å². The number of hydrogen-bond acceptors (Lipinski definition) is 6. The van der Waals surface area contributed by atoms with Crippen LogP contribution in [0.15, 0.2) is 30.6 Å². The summed E-state index contributed by atoms with van der Waals surface area (Å²) in [5, 5.41) is 27.5. The van der Waals surface area contributed by atoms with E-state index in [2.05, 4.69) is 10.4 Å². The Hall–Kier alpha value is -2.47. The number of hydrogen-bond donors (Lipinski definition) is 2. The van der Waals surface area contributed by atoms with Crippen molar-refractivity contribution in [3.05, 3.63) is 42.0 Å². The smallest absolute Gasteiger partial charge is 0.143 e. The maximum absolute atomic E-state index is 13.6. The second-order valence-corrected chi connectivity index (χ2v) is 5.00. The molecule has 0 radical (unpaired) electrons. The minimum atomic E-state index is -0.656. The predicted molar refractivity (Wildman–Crippen MR) is 82.3 cm³/mol. The van der Waals surface area contributed by atoms with Crippen molar-refractivity contribution >= 4 is 11.4 Å². The van der Waals surface area contributed by atoms with Crippen molar-refractivity contribution in [2.45, 2.75) is 12.6 Å². The second-order valence-electron chi connectivity index (χ2n) is 5.00. The molecule has 0 amide bonds. The summed E-state index contributed by atoms with van der Waals surface area (Å²) in [6, 6.07) is 6.19. The van der Waals surface area contributed by atoms with Gasteiger partial charge in [-0.2, -0.15) is 15.4 Å². The molecule has 0 saturated carbocycles. The molecule has 1 unspecified atom stereocenters. The number of halogens is 1. The van der Waals surface area contributed by atoms with Gasteiger partial charge in [0.1, 0.15) is 17.4 Å². The lowest BCUT2D eigenvalue weighted by atomic mass is 10.2. The van der Waals surface area contributed by atoms with E-state index in [1.54, 1.807) is 30.2 Å². The summed E-state index contributed by atoms with van der Waals surface area (Å²) in [6.45, 7) is 0.616. The zero-order valence-electron chi connectivity index (χ0n) is 12.9. The first kappa shape index (κ1) is 16.9. The maximum Gasteiger partial charge on any atom is 0.143 e. The van der Waals surface area contributed by atoms with Gasteiger partial charge in [0.05, 0.1) is 43.9 Å². The molecule has 1 atom stereocenters. The van der Waals surface area contributed by atoms with Crippen LogP contribution in [0.5, 0.6) is 0 Å². The molecule has 2 rings (SSSR count). The standard InChI is InChI=1S/C15H18FN5O2/c1-20(23-2)9-12(22)10-21-8-11(7-18-21)19-15-5-3-4-14(16)13(15)6-17/h3-5,7-8,12,19,22H,9-10H2,1-2H3. The summed E-state index contributed by atoms with van der Waals surface area (Å²) in [6.07, 6.45) is 2.55. The molecule has 2 aromatic rings. The normalized spacial score (nSPS) is 12.2. The number of aromatic nitrogens is 2. The Labute approximate surface area is 133 Å². The largest absolute Gasteiger partial charge is 0.390 e. The van der Waals surface area contributed by atoms with Crippen LogP contribution in [0.3, 0.4) is 0 Å². The highest BCUT2D eigenvalue weighted by atomic mass is 19.1. The Balaban J connectivity index is 2.03. The molecule has 7 nitrogen and oxygen atoms in total. The lowest BCUT2D eigenvalue weighted by molar-refractivity contribution is -0.129. The van der Waals surface area contributed by atoms with Crippen molar-refractivity contribution in [3.63, 3.8) is 0 Å². The van der Waals surface area contributed by atoms with Crippen LogP contribution in [0.4, 0.5) is 15.8 Å². The average Bonchev–Trinajstić information content (AvgIpc) is 2.94. The summed E-state index contributed by atoms with van der Waals surface area (Å²) in [5.41, 5.74) is 0.910. The van der Waals surface area contributed by atoms with Crippen LogP contribution in [0, 0.1) is 17.1 Å². The van der Waals surface area contributed by atoms with Crippen LogP contribution in [-0.2, 0) is 11.4 Å². The number of benzene rings is 1. The minimum absolute atomic E-state index is 0.0537. The molecule has 0 saturated heterocycles. The molecule has 0 aliphatic rings. The van der Waals surface area contributed by atoms with Crippen molar-refractivity contribution in [3.8, 4) is 6.07 Å². The zero-order chi connectivity index (χ0) is 16.8. The maximum atomic E-state index is 13.6. The van der Waals surface area contributed by atoms with E-state index in [1.165, 1.54) is 24.3 Å². The molecular weight excluding hydrogens is 301 g/mol. The SMILES string of the molecule is CON(C)CC(O)Cn1cc(Nc2cccc(F)c2C#N)cn1. The van der Waals surface area contributed by atoms with Crippen LogP contribution < -0.4 is 5.32 Å². The van der Waals surface area contributed by atoms with Crippen molar-refractivity contribution < 1.29 is 14.3 Å². The van der Waals surface area contributed by atoms with Crippen LogP contribution in [0.25, 0.3) is 0 Å². The number of nitrogens with zero attached hydrogens (tertiary/aromatic N) is 4. The molecule has 1 heterocycles. The van der Waals surface area contributed by atoms with E-state index in [4.69, 9.17) is 10.1 Å². The first-order valence-corrected chi connectivity index (χ1v) is 6.95. The summed E-state index contributed by atoms with van der Waals surface area (Å²) in [5.74, 6) is -0.581. The first-order valence-electron chi connectivity index (χ1n) is 6.95. The van der Waals surface area contributed by atoms with E-state index < -0.39 is 11.9 Å². The Morgan fingerprint density at radius 2 is 2.35 bits per heavy atom. The van der Waals surface area contributed by atoms with E-state index >= 15 is 0 Å². The molecular formula is C15H18FN5O2. The lowest BCUT2D eigenvalue weighted by Crippen LogP contribution is -2.31. The van der Waals surface area contributed by atoms with Gasteiger partial charge in [0.15, 0.2) is 0 Å². The first-order chi connectivity index (χ1) is 11.0. The number of aliphatic hydroxyl groups excluding tert-OH is 1. The molecule has 0 fully saturated rings. The summed E-state index contributed by atoms with van der Waals surface area (Å²) in [7, 11) is 3.24. The molecule has 0 aliphatic carbocycles. The van der Waals surface area contributed by atoms with Gasteiger partial charge in [-0.05, 0) is 12.1 Å². The van der Waals surface area contributed by atoms with Gasteiger partial charge in [0, 0.05) is 13.2 Å². The van der Waals surface area contributed by atoms with E-state index in [1.807, 2.05) is 6.07 Å². The average molecular weight is 319 g/mol. The van der Waals surface area contributed by atoms with Gasteiger partial charge in [-0.25, -0.2) is 4.39 Å². The molecule has 0 aliphatic heterocycles. The van der Waals surface area contributed by atoms with E-state index in [0.29, 0.717) is 17.9 Å². The van der Waals surface area contributed by atoms with Gasteiger partial charge >= 0.3 is 0 Å². The summed E-state index contributed by atoms with van der Waals surface area (Å²) < 4.78 is 15.1. The fraction of sp³-hybridized carbons (Fsp3) is 0.333. The molecule has 122 valence electrons. The van der Waals surface area contributed by atoms with E-state index in [-0.39, 0.29) is 12.1 Å². The van der Waals surface area contributed by atoms with Gasteiger partial charge in [0.2, 0.25) is 0 Å². The van der Waals surface area contributed by atoms with E-state index in [0.717, 1.165) is 0 Å². The van der Waals surface area contributed by atoms with Gasteiger partial charge in [-0.15, -0.1) is 0 Å². The predicted octanol–water partition coefficient (Wildman–Crippen LogP) is 1.49. The quantitative estimate of drug-likeness (QED) is 0.752. The number of hydroxylamine groups is 2. The van der Waals surface area contributed by atoms with Crippen molar-refractivity contribution in [2.24, 2.45) is 0 Å². The summed E-state index contributed by atoms with van der Waals surface area (Å²) in [4.78, 5) is 4.94. The summed E-state index contributed by atoms with van der Waals surface area (Å²) >= 11 is 0. The highest BCUT2D eigenvalue weighted by molar-refractivity contribution is 5.65. The Bertz CT molecular complexity index is 697. The van der Waals surface area contributed by atoms with Crippen LogP contribution >= 0.6 is 0 Å². The third kappa shape index (κ3) is 4.50. The highest BCUT2D eigenvalue weighted by Gasteiger charge is 2.11. The molecule has 1 aromatic heterocycles. The van der Waals surface area contributed by atoms with Crippen molar-refractivity contribution in [1.29, 1.82) is 5.26 Å². The topological polar surface area (TPSA) is 86.3 Å². The lowest BCUT2D eigenvalue weighted by Gasteiger charge is -2.17. The third-order valence-electron chi connectivity index (χ3n) is 3.22. The Kier molecular flexibility index (Phi) is 5.65. The Morgan fingerprint density at radius 1 is 1.57 bits per heavy atom. The minimum Gasteiger partial charge on any atom is -0.390 e. The monoisotopic (exact) mass is 319 g/mol. The van der Waals surface area contributed by atoms with Gasteiger partial charge in [-0.3, -0.25) is 4.68 Å². The van der Waals surface area contributed by atoms with Gasteiger partial charge < -0.3 is 15.3 Å². The number of nitrogens with one attached hydrogen (secondary N) is 1. The number of anilines is 2. The number of nitriles is 1. The van der Waals surface area contributed by atoms with Crippen LogP contribution in [0.2, 0.25) is 0 Å². The molecule has 8 heteroatoms. The molecule has 2 N–H and O–H groups in total. The molecule has 23 heavy (non-hydrogen) atoms. The van der Waals surface area contributed by atoms with E-state index in [9.17, 15) is 9.50 Å². The van der Waals surface area contributed by atoms with Gasteiger partial charge in [0.25, 0.3) is 0 Å². The second kappa shape index (κ2) is 7.69. The molecule has 0 spiro atoms. The fourth-order valence-electron chi connectivity index (χ4n) is 2.07. The van der Waals surface area contributed by atoms with Crippen molar-refractivity contribution in [2.75, 3.05) is 26.0 Å². The third-order valence-corrected chi connectivity index (χ3v) is 3.22. The number of likely N-dealkylation sites (N-methyl/N-ethyl adjacent to an activating group) is 1. The van der Waals surface area contributed by atoms with Crippen LogP contribution in [0.1, 0.15) is 5.56 Å². The molecule has 1 aromatic carbocycles. The number of rotatable bonds is 7. The van der Waals surface area contributed by atoms with Crippen LogP contribution in [-0.4, -0.2) is 46.8 Å². The number of aliphatic hydroxyl groups is 1. The highest BCUT2D eigenvalue weighted by Crippen LogP contribution is 2.22. The zero-order valence-corrected chi connectivity index (χ0v) is 12.9. The van der Waals surface area contributed by atoms with Crippen molar-refractivity contribution in [1.82, 2.24) is 14.8 Å². The Morgan fingerprint density at radius 3 is 3.04 bits per heavy atom.